The van der Waals surface area contributed by atoms with Crippen molar-refractivity contribution in [3.63, 3.8) is 0 Å². The Morgan fingerprint density at radius 3 is 2.67 bits per heavy atom. The van der Waals surface area contributed by atoms with Gasteiger partial charge in [-0.25, -0.2) is 13.4 Å². The van der Waals surface area contributed by atoms with Crippen molar-refractivity contribution < 1.29 is 22.7 Å². The molecule has 0 atom stereocenters. The summed E-state index contributed by atoms with van der Waals surface area (Å²) >= 11 is 3.20. The van der Waals surface area contributed by atoms with Crippen LogP contribution in [-0.2, 0) is 15.0 Å². The third-order valence-electron chi connectivity index (χ3n) is 3.06. The highest BCUT2D eigenvalue weighted by Crippen LogP contribution is 2.38. The second-order valence-corrected chi connectivity index (χ2v) is 6.97. The smallest absolute Gasteiger partial charge is 0.326 e. The molecule has 110 valence electrons. The molecule has 1 aliphatic heterocycles. The second kappa shape index (κ2) is 4.57. The van der Waals surface area contributed by atoms with Crippen molar-refractivity contribution in [1.29, 1.82) is 0 Å². The standard InChI is InChI=1S/C12H8BrFN2O4S/c13-7-2-1-6-3-9(17)12(11(14)8(6)4-7)16-5-10(18)15-21(16,19)20/h1-4,17H,5H2,(H,15,18). The summed E-state index contributed by atoms with van der Waals surface area (Å²) in [7, 11) is -4.19. The number of rotatable bonds is 1. The van der Waals surface area contributed by atoms with Crippen LogP contribution in [0.15, 0.2) is 28.7 Å². The third-order valence-corrected chi connectivity index (χ3v) is 4.93. The van der Waals surface area contributed by atoms with Gasteiger partial charge in [0.25, 0.3) is 5.91 Å². The highest BCUT2D eigenvalue weighted by atomic mass is 79.9. The lowest BCUT2D eigenvalue weighted by Crippen LogP contribution is -2.30. The first-order chi connectivity index (χ1) is 9.79. The maximum absolute atomic E-state index is 14.6. The Kier molecular flexibility index (Phi) is 3.06. The molecule has 0 unspecified atom stereocenters. The average molecular weight is 375 g/mol. The molecule has 9 heteroatoms. The highest BCUT2D eigenvalue weighted by Gasteiger charge is 2.37. The van der Waals surface area contributed by atoms with Crippen LogP contribution in [0.4, 0.5) is 10.1 Å². The number of fused-ring (bicyclic) bond motifs is 1. The zero-order valence-electron chi connectivity index (χ0n) is 10.3. The maximum Gasteiger partial charge on any atom is 0.326 e. The predicted octanol–water partition coefficient (Wildman–Crippen LogP) is 1.63. The van der Waals surface area contributed by atoms with Crippen molar-refractivity contribution in [2.45, 2.75) is 0 Å². The highest BCUT2D eigenvalue weighted by molar-refractivity contribution is 9.10. The molecule has 0 aliphatic carbocycles. The normalized spacial score (nSPS) is 17.2. The number of halogens is 2. The molecule has 1 aliphatic rings. The van der Waals surface area contributed by atoms with Gasteiger partial charge in [-0.15, -0.1) is 0 Å². The number of amides is 1. The van der Waals surface area contributed by atoms with Crippen LogP contribution < -0.4 is 9.03 Å². The summed E-state index contributed by atoms with van der Waals surface area (Å²) in [6.45, 7) is -0.577. The van der Waals surface area contributed by atoms with E-state index in [-0.39, 0.29) is 5.39 Å². The fourth-order valence-corrected chi connectivity index (χ4v) is 3.71. The van der Waals surface area contributed by atoms with E-state index in [4.69, 9.17) is 0 Å². The molecule has 0 bridgehead atoms. The van der Waals surface area contributed by atoms with Crippen molar-refractivity contribution in [2.75, 3.05) is 10.8 Å². The minimum absolute atomic E-state index is 0.131. The van der Waals surface area contributed by atoms with Crippen LogP contribution in [0.5, 0.6) is 5.75 Å². The molecular weight excluding hydrogens is 367 g/mol. The molecule has 2 N–H and O–H groups in total. The predicted molar refractivity (Wildman–Crippen MR) is 77.7 cm³/mol. The van der Waals surface area contributed by atoms with Crippen molar-refractivity contribution in [3.05, 3.63) is 34.6 Å². The quantitative estimate of drug-likeness (QED) is 0.793. The Labute approximate surface area is 127 Å². The van der Waals surface area contributed by atoms with Crippen LogP contribution in [0, 0.1) is 5.82 Å². The molecule has 1 amide bonds. The molecule has 6 nitrogen and oxygen atoms in total. The summed E-state index contributed by atoms with van der Waals surface area (Å²) in [6, 6.07) is 5.95. The molecule has 1 heterocycles. The average Bonchev–Trinajstić information content (AvgIpc) is 2.64. The lowest BCUT2D eigenvalue weighted by molar-refractivity contribution is -0.117. The first-order valence-corrected chi connectivity index (χ1v) is 7.97. The number of hydrogen-bond acceptors (Lipinski definition) is 4. The first kappa shape index (κ1) is 14.1. The molecule has 0 aromatic heterocycles. The van der Waals surface area contributed by atoms with Gasteiger partial charge in [0.2, 0.25) is 0 Å². The SMILES string of the molecule is O=C1CN(c2c(O)cc3ccc(Br)cc3c2F)S(=O)(=O)N1. The topological polar surface area (TPSA) is 86.7 Å². The van der Waals surface area contributed by atoms with Gasteiger partial charge in [0, 0.05) is 9.86 Å². The van der Waals surface area contributed by atoms with E-state index in [0.717, 1.165) is 0 Å². The largest absolute Gasteiger partial charge is 0.506 e. The Hall–Kier alpha value is -1.87. The van der Waals surface area contributed by atoms with Crippen LogP contribution in [0.3, 0.4) is 0 Å². The van der Waals surface area contributed by atoms with E-state index in [9.17, 15) is 22.7 Å². The van der Waals surface area contributed by atoms with Gasteiger partial charge in [0.05, 0.1) is 0 Å². The number of phenolic OH excluding ortho intramolecular Hbond substituents is 1. The monoisotopic (exact) mass is 374 g/mol. The number of nitrogens with zero attached hydrogens (tertiary/aromatic N) is 1. The van der Waals surface area contributed by atoms with Gasteiger partial charge in [-0.1, -0.05) is 22.0 Å². The first-order valence-electron chi connectivity index (χ1n) is 5.73. The molecule has 2 aromatic rings. The van der Waals surface area contributed by atoms with E-state index >= 15 is 0 Å². The van der Waals surface area contributed by atoms with E-state index in [2.05, 4.69) is 15.9 Å². The molecule has 2 aromatic carbocycles. The van der Waals surface area contributed by atoms with Crippen molar-refractivity contribution >= 4 is 48.5 Å². The van der Waals surface area contributed by atoms with Crippen LogP contribution >= 0.6 is 15.9 Å². The lowest BCUT2D eigenvalue weighted by atomic mass is 10.1. The fourth-order valence-electron chi connectivity index (χ4n) is 2.18. The molecular formula is C12H8BrFN2O4S. The van der Waals surface area contributed by atoms with Crippen molar-refractivity contribution in [3.8, 4) is 5.75 Å². The number of nitrogens with one attached hydrogen (secondary N) is 1. The van der Waals surface area contributed by atoms with Gasteiger partial charge >= 0.3 is 10.2 Å². The van der Waals surface area contributed by atoms with E-state index in [0.29, 0.717) is 14.2 Å². The molecule has 21 heavy (non-hydrogen) atoms. The Balaban J connectivity index is 2.31. The number of phenols is 1. The van der Waals surface area contributed by atoms with E-state index < -0.39 is 39.9 Å². The third kappa shape index (κ3) is 2.22. The van der Waals surface area contributed by atoms with Crippen molar-refractivity contribution in [2.24, 2.45) is 0 Å². The number of carbonyl (C=O) groups is 1. The molecule has 3 rings (SSSR count). The Morgan fingerprint density at radius 1 is 1.33 bits per heavy atom. The van der Waals surface area contributed by atoms with Crippen LogP contribution in [0.2, 0.25) is 0 Å². The minimum Gasteiger partial charge on any atom is -0.506 e. The fraction of sp³-hybridized carbons (Fsp3) is 0.0833. The van der Waals surface area contributed by atoms with Gasteiger partial charge in [-0.3, -0.25) is 4.79 Å². The lowest BCUT2D eigenvalue weighted by Gasteiger charge is -2.18. The molecule has 1 saturated heterocycles. The van der Waals surface area contributed by atoms with E-state index in [1.54, 1.807) is 16.9 Å². The van der Waals surface area contributed by atoms with Gasteiger partial charge in [-0.2, -0.15) is 8.42 Å². The molecule has 0 saturated carbocycles. The summed E-state index contributed by atoms with van der Waals surface area (Å²) in [5.74, 6) is -2.25. The van der Waals surface area contributed by atoms with Gasteiger partial charge < -0.3 is 5.11 Å². The van der Waals surface area contributed by atoms with Gasteiger partial charge in [0.1, 0.15) is 18.0 Å². The second-order valence-electron chi connectivity index (χ2n) is 4.46. The number of aromatic hydroxyl groups is 1. The minimum atomic E-state index is -4.19. The van der Waals surface area contributed by atoms with Gasteiger partial charge in [0.15, 0.2) is 5.82 Å². The van der Waals surface area contributed by atoms with Gasteiger partial charge in [-0.05, 0) is 23.6 Å². The summed E-state index contributed by atoms with van der Waals surface area (Å²) < 4.78 is 41.0. The zero-order valence-corrected chi connectivity index (χ0v) is 12.7. The molecule has 0 radical (unpaired) electrons. The molecule has 0 spiro atoms. The summed E-state index contributed by atoms with van der Waals surface area (Å²) in [5, 5.41) is 10.5. The number of anilines is 1. The number of hydrogen-bond donors (Lipinski definition) is 2. The number of carbonyl (C=O) groups excluding carboxylic acids is 1. The van der Waals surface area contributed by atoms with Crippen LogP contribution in [0.1, 0.15) is 0 Å². The Bertz CT molecular complexity index is 884. The van der Waals surface area contributed by atoms with Crippen LogP contribution in [-0.4, -0.2) is 26.0 Å². The zero-order chi connectivity index (χ0) is 15.4. The number of benzene rings is 2. The molecule has 1 fully saturated rings. The maximum atomic E-state index is 14.6. The summed E-state index contributed by atoms with van der Waals surface area (Å²) in [4.78, 5) is 11.2. The van der Waals surface area contributed by atoms with Crippen LogP contribution in [0.25, 0.3) is 10.8 Å². The van der Waals surface area contributed by atoms with E-state index in [1.807, 2.05) is 0 Å². The summed E-state index contributed by atoms with van der Waals surface area (Å²) in [6.07, 6.45) is 0. The Morgan fingerprint density at radius 2 is 2.05 bits per heavy atom. The summed E-state index contributed by atoms with van der Waals surface area (Å²) in [5.41, 5.74) is -0.543. The van der Waals surface area contributed by atoms with E-state index in [1.165, 1.54) is 12.1 Å². The van der Waals surface area contributed by atoms with Crippen molar-refractivity contribution in [1.82, 2.24) is 4.72 Å².